The summed E-state index contributed by atoms with van der Waals surface area (Å²) in [5, 5.41) is 5.63. The van der Waals surface area contributed by atoms with E-state index in [1.165, 1.54) is 42.5 Å². The Hall–Kier alpha value is -1.81. The van der Waals surface area contributed by atoms with Gasteiger partial charge in [-0.05, 0) is 42.9 Å². The molecule has 0 saturated carbocycles. The van der Waals surface area contributed by atoms with E-state index in [1.54, 1.807) is 11.3 Å². The van der Waals surface area contributed by atoms with E-state index in [4.69, 9.17) is 0 Å². The first-order valence-electron chi connectivity index (χ1n) is 7.16. The van der Waals surface area contributed by atoms with Gasteiger partial charge >= 0.3 is 0 Å². The molecule has 1 aromatic carbocycles. The van der Waals surface area contributed by atoms with E-state index < -0.39 is 0 Å². The lowest BCUT2D eigenvalue weighted by Gasteiger charge is -2.19. The minimum absolute atomic E-state index is 0.796. The van der Waals surface area contributed by atoms with Gasteiger partial charge in [-0.15, -0.1) is 11.3 Å². The molecule has 3 nitrogen and oxygen atoms in total. The van der Waals surface area contributed by atoms with Crippen LogP contribution in [0.2, 0.25) is 0 Å². The summed E-state index contributed by atoms with van der Waals surface area (Å²) in [5.74, 6) is 0. The lowest BCUT2D eigenvalue weighted by Crippen LogP contribution is -2.08. The number of benzene rings is 1. The third kappa shape index (κ3) is 2.10. The van der Waals surface area contributed by atoms with E-state index in [2.05, 4.69) is 50.7 Å². The maximum absolute atomic E-state index is 4.62. The highest BCUT2D eigenvalue weighted by atomic mass is 32.1. The topological polar surface area (TPSA) is 29.3 Å². The molecule has 1 aliphatic carbocycles. The zero-order valence-electron chi connectivity index (χ0n) is 11.3. The Bertz CT molecular complexity index is 713. The van der Waals surface area contributed by atoms with Crippen LogP contribution in [0.15, 0.2) is 36.0 Å². The monoisotopic (exact) mass is 283 g/mol. The van der Waals surface area contributed by atoms with Gasteiger partial charge in [0.1, 0.15) is 0 Å². The van der Waals surface area contributed by atoms with Crippen molar-refractivity contribution in [1.82, 2.24) is 9.38 Å². The first-order chi connectivity index (χ1) is 9.90. The van der Waals surface area contributed by atoms with Crippen LogP contribution in [0.5, 0.6) is 0 Å². The largest absolute Gasteiger partial charge is 0.379 e. The Morgan fingerprint density at radius 3 is 3.15 bits per heavy atom. The smallest absolute Gasteiger partial charge is 0.193 e. The van der Waals surface area contributed by atoms with Gasteiger partial charge in [-0.3, -0.25) is 4.40 Å². The van der Waals surface area contributed by atoms with E-state index in [-0.39, 0.29) is 0 Å². The van der Waals surface area contributed by atoms with Gasteiger partial charge in [0.25, 0.3) is 0 Å². The van der Waals surface area contributed by atoms with Crippen LogP contribution in [0, 0.1) is 0 Å². The Morgan fingerprint density at radius 1 is 1.25 bits per heavy atom. The van der Waals surface area contributed by atoms with Crippen molar-refractivity contribution in [3.8, 4) is 0 Å². The van der Waals surface area contributed by atoms with Crippen LogP contribution in [0.3, 0.4) is 0 Å². The average Bonchev–Trinajstić information content (AvgIpc) is 3.06. The van der Waals surface area contributed by atoms with Crippen molar-refractivity contribution in [1.29, 1.82) is 0 Å². The molecule has 0 radical (unpaired) electrons. The predicted molar refractivity (Wildman–Crippen MR) is 83.5 cm³/mol. The van der Waals surface area contributed by atoms with Crippen LogP contribution in [0.25, 0.3) is 4.96 Å². The van der Waals surface area contributed by atoms with Crippen molar-refractivity contribution in [3.63, 3.8) is 0 Å². The molecule has 102 valence electrons. The second-order valence-corrected chi connectivity index (χ2v) is 6.20. The maximum atomic E-state index is 4.62. The molecule has 2 aromatic heterocycles. The molecule has 3 aromatic rings. The molecule has 1 aliphatic rings. The molecule has 4 rings (SSSR count). The van der Waals surface area contributed by atoms with Gasteiger partial charge in [-0.1, -0.05) is 12.1 Å². The van der Waals surface area contributed by atoms with Gasteiger partial charge < -0.3 is 5.32 Å². The molecule has 1 N–H and O–H groups in total. The molecule has 0 atom stereocenters. The van der Waals surface area contributed by atoms with Crippen molar-refractivity contribution >= 4 is 22.0 Å². The predicted octanol–water partition coefficient (Wildman–Crippen LogP) is 3.89. The third-order valence-electron chi connectivity index (χ3n) is 4.00. The number of anilines is 1. The Kier molecular flexibility index (Phi) is 2.96. The number of hydrogen-bond donors (Lipinski definition) is 1. The first-order valence-corrected chi connectivity index (χ1v) is 8.04. The summed E-state index contributed by atoms with van der Waals surface area (Å²) in [7, 11) is 0. The van der Waals surface area contributed by atoms with Crippen molar-refractivity contribution in [2.75, 3.05) is 5.32 Å². The molecule has 0 bridgehead atoms. The van der Waals surface area contributed by atoms with E-state index in [0.29, 0.717) is 0 Å². The summed E-state index contributed by atoms with van der Waals surface area (Å²) in [4.78, 5) is 5.69. The Labute approximate surface area is 122 Å². The van der Waals surface area contributed by atoms with Gasteiger partial charge in [-0.2, -0.15) is 0 Å². The summed E-state index contributed by atoms with van der Waals surface area (Å²) in [5.41, 5.74) is 5.43. The maximum Gasteiger partial charge on any atom is 0.193 e. The van der Waals surface area contributed by atoms with Gasteiger partial charge in [0.15, 0.2) is 4.96 Å². The third-order valence-corrected chi connectivity index (χ3v) is 4.77. The fraction of sp³-hybridized carbons (Fsp3) is 0.312. The van der Waals surface area contributed by atoms with Gasteiger partial charge in [0, 0.05) is 23.5 Å². The highest BCUT2D eigenvalue weighted by molar-refractivity contribution is 7.15. The average molecular weight is 283 g/mol. The number of imidazole rings is 1. The molecule has 4 heteroatoms. The fourth-order valence-electron chi connectivity index (χ4n) is 2.99. The van der Waals surface area contributed by atoms with Crippen LogP contribution in [-0.4, -0.2) is 9.38 Å². The summed E-state index contributed by atoms with van der Waals surface area (Å²) in [6.45, 7) is 0.796. The summed E-state index contributed by atoms with van der Waals surface area (Å²) < 4.78 is 2.09. The number of nitrogens with zero attached hydrogens (tertiary/aromatic N) is 2. The molecule has 0 aliphatic heterocycles. The van der Waals surface area contributed by atoms with E-state index in [1.807, 2.05) is 0 Å². The first kappa shape index (κ1) is 12.0. The number of aryl methyl sites for hydroxylation is 1. The van der Waals surface area contributed by atoms with Crippen molar-refractivity contribution in [2.24, 2.45) is 0 Å². The number of aromatic nitrogens is 2. The minimum Gasteiger partial charge on any atom is -0.379 e. The molecular formula is C16H17N3S. The van der Waals surface area contributed by atoms with Crippen molar-refractivity contribution in [3.05, 3.63) is 52.8 Å². The molecule has 0 amide bonds. The number of fused-ring (bicyclic) bond motifs is 2. The lowest BCUT2D eigenvalue weighted by atomic mass is 9.90. The molecule has 20 heavy (non-hydrogen) atoms. The van der Waals surface area contributed by atoms with Gasteiger partial charge in [-0.25, -0.2) is 4.98 Å². The highest BCUT2D eigenvalue weighted by Crippen LogP contribution is 2.28. The Balaban J connectivity index is 1.55. The molecule has 0 fully saturated rings. The summed E-state index contributed by atoms with van der Waals surface area (Å²) in [6, 6.07) is 6.63. The molecule has 0 saturated heterocycles. The van der Waals surface area contributed by atoms with Crippen LogP contribution in [0.4, 0.5) is 5.69 Å². The number of rotatable bonds is 3. The Morgan fingerprint density at radius 2 is 2.20 bits per heavy atom. The molecular weight excluding hydrogens is 266 g/mol. The number of hydrogen-bond acceptors (Lipinski definition) is 3. The van der Waals surface area contributed by atoms with Crippen molar-refractivity contribution < 1.29 is 0 Å². The molecule has 0 unspecified atom stereocenters. The second-order valence-electron chi connectivity index (χ2n) is 5.33. The molecule has 0 spiro atoms. The fourth-order valence-corrected chi connectivity index (χ4v) is 3.71. The quantitative estimate of drug-likeness (QED) is 0.790. The van der Waals surface area contributed by atoms with E-state index in [0.717, 1.165) is 17.2 Å². The minimum atomic E-state index is 0.796. The highest BCUT2D eigenvalue weighted by Gasteiger charge is 2.12. The SMILES string of the molecule is c1cc2c(c(NCc3cn4ccsc4n3)c1)CCCC2. The number of thiazole rings is 1. The summed E-state index contributed by atoms with van der Waals surface area (Å²) in [6.07, 6.45) is 9.23. The standard InChI is InChI=1S/C16H17N3S/c1-2-6-14-12(4-1)5-3-7-15(14)17-10-13-11-19-8-9-20-16(19)18-13/h3,5,7-9,11,17H,1-2,4,6,10H2. The van der Waals surface area contributed by atoms with Crippen LogP contribution < -0.4 is 5.32 Å². The van der Waals surface area contributed by atoms with Crippen LogP contribution in [-0.2, 0) is 19.4 Å². The van der Waals surface area contributed by atoms with Crippen molar-refractivity contribution in [2.45, 2.75) is 32.2 Å². The van der Waals surface area contributed by atoms with Gasteiger partial charge in [0.05, 0.1) is 12.2 Å². The van der Waals surface area contributed by atoms with Crippen LogP contribution >= 0.6 is 11.3 Å². The zero-order chi connectivity index (χ0) is 13.4. The molecule has 2 heterocycles. The second kappa shape index (κ2) is 4.94. The van der Waals surface area contributed by atoms with E-state index >= 15 is 0 Å². The normalized spacial score (nSPS) is 14.4. The van der Waals surface area contributed by atoms with E-state index in [9.17, 15) is 0 Å². The zero-order valence-corrected chi connectivity index (χ0v) is 12.1. The summed E-state index contributed by atoms with van der Waals surface area (Å²) >= 11 is 1.68. The number of nitrogens with one attached hydrogen (secondary N) is 1. The van der Waals surface area contributed by atoms with Crippen LogP contribution in [0.1, 0.15) is 29.7 Å². The lowest BCUT2D eigenvalue weighted by molar-refractivity contribution is 0.686. The van der Waals surface area contributed by atoms with Gasteiger partial charge in [0.2, 0.25) is 0 Å².